The van der Waals surface area contributed by atoms with E-state index in [1.54, 1.807) is 0 Å². The molecule has 1 aliphatic carbocycles. The molecule has 0 radical (unpaired) electrons. The minimum absolute atomic E-state index is 0.571. The molecule has 1 aromatic heterocycles. The molecular weight excluding hydrogens is 210 g/mol. The lowest BCUT2D eigenvalue weighted by molar-refractivity contribution is 0.424. The SMILES string of the molecule is CC(C)CSCc1noc(NC2CC2)n1. The van der Waals surface area contributed by atoms with Crippen molar-refractivity contribution in [3.63, 3.8) is 0 Å². The first-order valence-electron chi connectivity index (χ1n) is 5.41. The van der Waals surface area contributed by atoms with Crippen LogP contribution in [0.15, 0.2) is 4.52 Å². The molecule has 1 N–H and O–H groups in total. The van der Waals surface area contributed by atoms with Gasteiger partial charge in [-0.05, 0) is 24.5 Å². The maximum absolute atomic E-state index is 5.09. The van der Waals surface area contributed by atoms with Crippen LogP contribution in [-0.2, 0) is 5.75 Å². The summed E-state index contributed by atoms with van der Waals surface area (Å²) >= 11 is 1.85. The van der Waals surface area contributed by atoms with Crippen LogP contribution in [-0.4, -0.2) is 21.9 Å². The summed E-state index contributed by atoms with van der Waals surface area (Å²) in [5.41, 5.74) is 0. The molecule has 0 unspecified atom stereocenters. The lowest BCUT2D eigenvalue weighted by atomic mass is 10.3. The summed E-state index contributed by atoms with van der Waals surface area (Å²) in [7, 11) is 0. The zero-order valence-electron chi connectivity index (χ0n) is 9.19. The topological polar surface area (TPSA) is 51.0 Å². The van der Waals surface area contributed by atoms with Gasteiger partial charge in [0.2, 0.25) is 0 Å². The Labute approximate surface area is 94.2 Å². The Kier molecular flexibility index (Phi) is 3.51. The predicted molar refractivity (Wildman–Crippen MR) is 61.9 cm³/mol. The average Bonchev–Trinajstić information content (AvgIpc) is 2.86. The lowest BCUT2D eigenvalue weighted by Gasteiger charge is -2.00. The van der Waals surface area contributed by atoms with Gasteiger partial charge in [0.15, 0.2) is 5.82 Å². The van der Waals surface area contributed by atoms with E-state index < -0.39 is 0 Å². The van der Waals surface area contributed by atoms with Crippen molar-refractivity contribution in [3.8, 4) is 0 Å². The predicted octanol–water partition coefficient (Wildman–Crippen LogP) is 2.53. The Hall–Kier alpha value is -0.710. The number of nitrogens with one attached hydrogen (secondary N) is 1. The Morgan fingerprint density at radius 2 is 2.33 bits per heavy atom. The van der Waals surface area contributed by atoms with Crippen LogP contribution in [0.4, 0.5) is 6.01 Å². The second-order valence-electron chi connectivity index (χ2n) is 4.34. The minimum atomic E-state index is 0.571. The van der Waals surface area contributed by atoms with Crippen molar-refractivity contribution in [1.82, 2.24) is 10.1 Å². The average molecular weight is 227 g/mol. The van der Waals surface area contributed by atoms with Crippen molar-refractivity contribution >= 4 is 17.8 Å². The van der Waals surface area contributed by atoms with Crippen molar-refractivity contribution in [2.24, 2.45) is 5.92 Å². The van der Waals surface area contributed by atoms with Crippen molar-refractivity contribution in [1.29, 1.82) is 0 Å². The molecule has 0 aliphatic heterocycles. The third-order valence-corrected chi connectivity index (χ3v) is 3.42. The highest BCUT2D eigenvalue weighted by Crippen LogP contribution is 2.24. The second kappa shape index (κ2) is 4.88. The zero-order valence-corrected chi connectivity index (χ0v) is 10.0. The third kappa shape index (κ3) is 3.74. The molecule has 15 heavy (non-hydrogen) atoms. The van der Waals surface area contributed by atoms with Gasteiger partial charge in [-0.3, -0.25) is 0 Å². The van der Waals surface area contributed by atoms with Crippen molar-refractivity contribution in [3.05, 3.63) is 5.82 Å². The first-order valence-corrected chi connectivity index (χ1v) is 6.56. The van der Waals surface area contributed by atoms with Crippen molar-refractivity contribution < 1.29 is 4.52 Å². The number of hydrogen-bond donors (Lipinski definition) is 1. The molecule has 2 rings (SSSR count). The van der Waals surface area contributed by atoms with E-state index in [4.69, 9.17) is 4.52 Å². The molecule has 0 saturated heterocycles. The molecule has 0 atom stereocenters. The quantitative estimate of drug-likeness (QED) is 0.809. The summed E-state index contributed by atoms with van der Waals surface area (Å²) in [6.07, 6.45) is 2.44. The van der Waals surface area contributed by atoms with Crippen LogP contribution in [0.3, 0.4) is 0 Å². The van der Waals surface area contributed by atoms with Crippen LogP contribution in [0.5, 0.6) is 0 Å². The molecular formula is C10H17N3OS. The fourth-order valence-corrected chi connectivity index (χ4v) is 2.05. The van der Waals surface area contributed by atoms with Crippen LogP contribution in [0, 0.1) is 5.92 Å². The zero-order chi connectivity index (χ0) is 10.7. The first kappa shape index (κ1) is 10.8. The van der Waals surface area contributed by atoms with Crippen molar-refractivity contribution in [2.75, 3.05) is 11.1 Å². The summed E-state index contributed by atoms with van der Waals surface area (Å²) < 4.78 is 5.09. The standard InChI is InChI=1S/C10H17N3OS/c1-7(2)5-15-6-9-12-10(14-13-9)11-8-3-4-8/h7-8H,3-6H2,1-2H3,(H,11,12,13). The fourth-order valence-electron chi connectivity index (χ4n) is 1.16. The van der Waals surface area contributed by atoms with Crippen LogP contribution in [0.25, 0.3) is 0 Å². The normalized spacial score (nSPS) is 15.9. The van der Waals surface area contributed by atoms with Gasteiger partial charge in [-0.15, -0.1) is 0 Å². The van der Waals surface area contributed by atoms with E-state index >= 15 is 0 Å². The summed E-state index contributed by atoms with van der Waals surface area (Å²) in [6, 6.07) is 1.15. The largest absolute Gasteiger partial charge is 0.335 e. The van der Waals surface area contributed by atoms with Gasteiger partial charge in [-0.25, -0.2) is 0 Å². The molecule has 1 heterocycles. The minimum Gasteiger partial charge on any atom is -0.335 e. The Morgan fingerprint density at radius 1 is 1.53 bits per heavy atom. The fraction of sp³-hybridized carbons (Fsp3) is 0.800. The Bertz CT molecular complexity index is 309. The maximum Gasteiger partial charge on any atom is 0.321 e. The summed E-state index contributed by atoms with van der Waals surface area (Å²) in [4.78, 5) is 4.28. The number of nitrogens with zero attached hydrogens (tertiary/aromatic N) is 2. The van der Waals surface area contributed by atoms with E-state index in [9.17, 15) is 0 Å². The van der Waals surface area contributed by atoms with Crippen LogP contribution >= 0.6 is 11.8 Å². The van der Waals surface area contributed by atoms with Gasteiger partial charge in [-0.1, -0.05) is 19.0 Å². The van der Waals surface area contributed by atoms with Gasteiger partial charge in [0.1, 0.15) is 0 Å². The van der Waals surface area contributed by atoms with E-state index in [2.05, 4.69) is 29.3 Å². The summed E-state index contributed by atoms with van der Waals surface area (Å²) in [6.45, 7) is 4.42. The van der Waals surface area contributed by atoms with Gasteiger partial charge in [0.25, 0.3) is 0 Å². The molecule has 5 heteroatoms. The number of thioether (sulfide) groups is 1. The summed E-state index contributed by atoms with van der Waals surface area (Å²) in [5, 5.41) is 7.11. The Morgan fingerprint density at radius 3 is 3.00 bits per heavy atom. The van der Waals surface area contributed by atoms with Gasteiger partial charge in [-0.2, -0.15) is 16.7 Å². The molecule has 84 valence electrons. The Balaban J connectivity index is 1.73. The molecule has 4 nitrogen and oxygen atoms in total. The van der Waals surface area contributed by atoms with E-state index in [0.717, 1.165) is 17.3 Å². The smallest absolute Gasteiger partial charge is 0.321 e. The van der Waals surface area contributed by atoms with Crippen LogP contribution in [0.1, 0.15) is 32.5 Å². The van der Waals surface area contributed by atoms with E-state index in [0.29, 0.717) is 18.0 Å². The molecule has 1 saturated carbocycles. The van der Waals surface area contributed by atoms with Gasteiger partial charge < -0.3 is 9.84 Å². The molecule has 0 spiro atoms. The highest BCUT2D eigenvalue weighted by Gasteiger charge is 2.23. The van der Waals surface area contributed by atoms with Crippen LogP contribution < -0.4 is 5.32 Å². The summed E-state index contributed by atoms with van der Waals surface area (Å²) in [5.74, 6) is 3.49. The highest BCUT2D eigenvalue weighted by atomic mass is 32.2. The monoisotopic (exact) mass is 227 g/mol. The lowest BCUT2D eigenvalue weighted by Crippen LogP contribution is -2.00. The number of anilines is 1. The van der Waals surface area contributed by atoms with E-state index in [-0.39, 0.29) is 0 Å². The van der Waals surface area contributed by atoms with Crippen LogP contribution in [0.2, 0.25) is 0 Å². The molecule has 1 aliphatic rings. The molecule has 0 amide bonds. The molecule has 0 bridgehead atoms. The highest BCUT2D eigenvalue weighted by molar-refractivity contribution is 7.98. The van der Waals surface area contributed by atoms with Gasteiger partial charge in [0, 0.05) is 6.04 Å². The van der Waals surface area contributed by atoms with E-state index in [1.165, 1.54) is 12.8 Å². The van der Waals surface area contributed by atoms with Crippen molar-refractivity contribution in [2.45, 2.75) is 38.5 Å². The van der Waals surface area contributed by atoms with E-state index in [1.807, 2.05) is 11.8 Å². The second-order valence-corrected chi connectivity index (χ2v) is 5.37. The number of rotatable bonds is 6. The van der Waals surface area contributed by atoms with Gasteiger partial charge >= 0.3 is 6.01 Å². The first-order chi connectivity index (χ1) is 7.24. The molecule has 0 aromatic carbocycles. The maximum atomic E-state index is 5.09. The number of hydrogen-bond acceptors (Lipinski definition) is 5. The molecule has 1 aromatic rings. The molecule has 1 fully saturated rings. The third-order valence-electron chi connectivity index (χ3n) is 2.06. The number of aromatic nitrogens is 2. The van der Waals surface area contributed by atoms with Gasteiger partial charge in [0.05, 0.1) is 5.75 Å².